The molecule has 0 saturated heterocycles. The zero-order valence-corrected chi connectivity index (χ0v) is 15.4. The van der Waals surface area contributed by atoms with Gasteiger partial charge < -0.3 is 20.9 Å². The SMILES string of the molecule is [2H]C([2H])(c1ccnc(N)c1)n1ccc2c(NC(=O)Nc3ccccc3Cl)cccc21. The van der Waals surface area contributed by atoms with Gasteiger partial charge >= 0.3 is 6.03 Å². The van der Waals surface area contributed by atoms with Gasteiger partial charge in [0.15, 0.2) is 0 Å². The van der Waals surface area contributed by atoms with Gasteiger partial charge in [0, 0.05) is 24.3 Å². The van der Waals surface area contributed by atoms with Crippen molar-refractivity contribution in [3.8, 4) is 0 Å². The van der Waals surface area contributed by atoms with Gasteiger partial charge in [-0.15, -0.1) is 0 Å². The molecule has 2 aromatic heterocycles. The predicted molar refractivity (Wildman–Crippen MR) is 114 cm³/mol. The Morgan fingerprint density at radius 3 is 2.71 bits per heavy atom. The number of hydrogen-bond donors (Lipinski definition) is 3. The summed E-state index contributed by atoms with van der Waals surface area (Å²) in [4.78, 5) is 16.4. The van der Waals surface area contributed by atoms with E-state index in [0.717, 1.165) is 0 Å². The highest BCUT2D eigenvalue weighted by Gasteiger charge is 2.10. The second kappa shape index (κ2) is 7.62. The molecular weight excluding hydrogens is 374 g/mol. The van der Waals surface area contributed by atoms with Crippen LogP contribution in [0.3, 0.4) is 0 Å². The average molecular weight is 394 g/mol. The lowest BCUT2D eigenvalue weighted by Gasteiger charge is -2.11. The molecule has 2 heterocycles. The fraction of sp³-hybridized carbons (Fsp3) is 0.0476. The molecule has 28 heavy (non-hydrogen) atoms. The van der Waals surface area contributed by atoms with Crippen molar-refractivity contribution >= 4 is 45.7 Å². The van der Waals surface area contributed by atoms with Crippen LogP contribution in [0.1, 0.15) is 8.30 Å². The number of para-hydroxylation sites is 1. The molecule has 0 atom stereocenters. The predicted octanol–water partition coefficient (Wildman–Crippen LogP) is 4.96. The van der Waals surface area contributed by atoms with Crippen LogP contribution in [-0.2, 0) is 6.50 Å². The van der Waals surface area contributed by atoms with E-state index in [-0.39, 0.29) is 5.82 Å². The lowest BCUT2D eigenvalue weighted by Crippen LogP contribution is -2.19. The summed E-state index contributed by atoms with van der Waals surface area (Å²) in [7, 11) is 0. The van der Waals surface area contributed by atoms with Crippen LogP contribution in [0.2, 0.25) is 5.02 Å². The van der Waals surface area contributed by atoms with Crippen LogP contribution >= 0.6 is 11.6 Å². The van der Waals surface area contributed by atoms with Gasteiger partial charge in [0.25, 0.3) is 0 Å². The number of urea groups is 1. The van der Waals surface area contributed by atoms with Gasteiger partial charge in [0.05, 0.1) is 24.7 Å². The van der Waals surface area contributed by atoms with E-state index in [0.29, 0.717) is 32.9 Å². The van der Waals surface area contributed by atoms with E-state index < -0.39 is 12.5 Å². The van der Waals surface area contributed by atoms with E-state index in [1.165, 1.54) is 16.8 Å². The fourth-order valence-corrected chi connectivity index (χ4v) is 3.05. The summed E-state index contributed by atoms with van der Waals surface area (Å²) in [5, 5.41) is 6.63. The van der Waals surface area contributed by atoms with Gasteiger partial charge in [-0.25, -0.2) is 9.78 Å². The Hall–Kier alpha value is -3.51. The molecule has 0 radical (unpaired) electrons. The molecule has 0 aliphatic carbocycles. The van der Waals surface area contributed by atoms with Crippen LogP contribution < -0.4 is 16.4 Å². The van der Waals surface area contributed by atoms with E-state index in [9.17, 15) is 4.79 Å². The Labute approximate surface area is 169 Å². The number of halogens is 1. The number of rotatable bonds is 4. The number of nitrogens with one attached hydrogen (secondary N) is 2. The smallest absolute Gasteiger partial charge is 0.323 e. The summed E-state index contributed by atoms with van der Waals surface area (Å²) in [5.41, 5.74) is 7.75. The minimum absolute atomic E-state index is 0.242. The summed E-state index contributed by atoms with van der Waals surface area (Å²) in [6, 6.07) is 16.6. The number of hydrogen-bond acceptors (Lipinski definition) is 3. The number of benzene rings is 2. The number of nitrogen functional groups attached to an aromatic ring is 1. The van der Waals surface area contributed by atoms with Gasteiger partial charge in [-0.1, -0.05) is 29.8 Å². The molecule has 0 aliphatic heterocycles. The van der Waals surface area contributed by atoms with E-state index in [4.69, 9.17) is 20.1 Å². The molecule has 0 aliphatic rings. The van der Waals surface area contributed by atoms with Crippen molar-refractivity contribution in [2.24, 2.45) is 0 Å². The van der Waals surface area contributed by atoms with Gasteiger partial charge in [0.1, 0.15) is 5.82 Å². The highest BCUT2D eigenvalue weighted by atomic mass is 35.5. The van der Waals surface area contributed by atoms with Crippen molar-refractivity contribution in [1.29, 1.82) is 0 Å². The van der Waals surface area contributed by atoms with Gasteiger partial charge in [0.2, 0.25) is 0 Å². The fourth-order valence-electron chi connectivity index (χ4n) is 2.87. The zero-order chi connectivity index (χ0) is 21.3. The first-order valence-electron chi connectivity index (χ1n) is 9.51. The number of carbonyl (C=O) groups is 1. The van der Waals surface area contributed by atoms with Crippen LogP contribution in [0.15, 0.2) is 73.1 Å². The molecule has 0 saturated carbocycles. The maximum atomic E-state index is 12.5. The van der Waals surface area contributed by atoms with Crippen LogP contribution in [-0.4, -0.2) is 15.6 Å². The van der Waals surface area contributed by atoms with Crippen molar-refractivity contribution in [2.75, 3.05) is 16.4 Å². The van der Waals surface area contributed by atoms with E-state index in [2.05, 4.69) is 15.6 Å². The van der Waals surface area contributed by atoms with Crippen molar-refractivity contribution in [3.63, 3.8) is 0 Å². The van der Waals surface area contributed by atoms with Crippen molar-refractivity contribution in [3.05, 3.63) is 83.6 Å². The number of fused-ring (bicyclic) bond motifs is 1. The second-order valence-electron chi connectivity index (χ2n) is 6.06. The highest BCUT2D eigenvalue weighted by Crippen LogP contribution is 2.26. The third kappa shape index (κ3) is 3.77. The Morgan fingerprint density at radius 1 is 1.11 bits per heavy atom. The number of aromatic nitrogens is 2. The van der Waals surface area contributed by atoms with E-state index in [1.807, 2.05) is 0 Å². The normalized spacial score (nSPS) is 12.3. The summed E-state index contributed by atoms with van der Waals surface area (Å²) in [6.07, 6.45) is 3.11. The molecule has 7 heteroatoms. The number of nitrogens with zero attached hydrogens (tertiary/aromatic N) is 2. The van der Waals surface area contributed by atoms with Crippen molar-refractivity contribution in [1.82, 2.24) is 9.55 Å². The summed E-state index contributed by atoms with van der Waals surface area (Å²) in [6.45, 7) is -1.86. The lowest BCUT2D eigenvalue weighted by atomic mass is 10.2. The van der Waals surface area contributed by atoms with E-state index >= 15 is 0 Å². The largest absolute Gasteiger partial charge is 0.384 e. The monoisotopic (exact) mass is 393 g/mol. The molecule has 4 aromatic rings. The molecule has 140 valence electrons. The summed E-state index contributed by atoms with van der Waals surface area (Å²) < 4.78 is 18.7. The van der Waals surface area contributed by atoms with Crippen molar-refractivity contribution in [2.45, 2.75) is 6.50 Å². The van der Waals surface area contributed by atoms with Crippen LogP contribution in [0.25, 0.3) is 10.9 Å². The zero-order valence-electron chi connectivity index (χ0n) is 16.7. The van der Waals surface area contributed by atoms with Crippen LogP contribution in [0.4, 0.5) is 22.0 Å². The average Bonchev–Trinajstić information content (AvgIpc) is 3.16. The first-order valence-corrected chi connectivity index (χ1v) is 8.89. The van der Waals surface area contributed by atoms with E-state index in [1.54, 1.807) is 60.8 Å². The lowest BCUT2D eigenvalue weighted by molar-refractivity contribution is 0.262. The number of pyridine rings is 1. The Kier molecular flexibility index (Phi) is 4.23. The summed E-state index contributed by atoms with van der Waals surface area (Å²) in [5.74, 6) is 0.242. The van der Waals surface area contributed by atoms with Crippen LogP contribution in [0.5, 0.6) is 0 Å². The molecule has 0 bridgehead atoms. The molecule has 6 nitrogen and oxygen atoms in total. The van der Waals surface area contributed by atoms with Gasteiger partial charge in [-0.05, 0) is 48.0 Å². The quantitative estimate of drug-likeness (QED) is 0.458. The topological polar surface area (TPSA) is 85.0 Å². The maximum absolute atomic E-state index is 12.5. The Balaban J connectivity index is 1.65. The minimum atomic E-state index is -1.86. The molecule has 2 amide bonds. The van der Waals surface area contributed by atoms with Gasteiger partial charge in [-0.2, -0.15) is 0 Å². The number of carbonyl (C=O) groups excluding carboxylic acids is 1. The number of amides is 2. The molecule has 4 N–H and O–H groups in total. The first kappa shape index (κ1) is 15.5. The molecular formula is C21H18ClN5O. The highest BCUT2D eigenvalue weighted by molar-refractivity contribution is 6.33. The van der Waals surface area contributed by atoms with Crippen LogP contribution in [0, 0.1) is 0 Å². The molecule has 0 unspecified atom stereocenters. The first-order chi connectivity index (χ1) is 14.4. The molecule has 0 fully saturated rings. The number of nitrogens with two attached hydrogens (primary N) is 1. The summed E-state index contributed by atoms with van der Waals surface area (Å²) >= 11 is 6.09. The molecule has 4 rings (SSSR count). The Morgan fingerprint density at radius 2 is 1.89 bits per heavy atom. The second-order valence-corrected chi connectivity index (χ2v) is 6.47. The third-order valence-corrected chi connectivity index (χ3v) is 4.46. The van der Waals surface area contributed by atoms with Crippen molar-refractivity contribution < 1.29 is 7.54 Å². The Bertz CT molecular complexity index is 1240. The third-order valence-electron chi connectivity index (χ3n) is 4.13. The standard InChI is InChI=1S/C21H18ClN5O/c22-16-4-1-2-5-18(16)26-21(28)25-17-6-3-7-19-15(17)9-11-27(19)13-14-8-10-24-20(23)12-14/h1-12H,13H2,(H2,23,24)(H2,25,26,28)/i13D2. The maximum Gasteiger partial charge on any atom is 0.323 e. The molecule has 0 spiro atoms. The number of anilines is 3. The minimum Gasteiger partial charge on any atom is -0.384 e. The molecule has 2 aromatic carbocycles. The van der Waals surface area contributed by atoms with Gasteiger partial charge in [-0.3, -0.25) is 0 Å².